The van der Waals surface area contributed by atoms with Crippen LogP contribution in [0, 0.1) is 0 Å². The number of rotatable bonds is 3. The number of nitrogen functional groups attached to an aromatic ring is 1. The molecule has 2 N–H and O–H groups in total. The standard InChI is InChI=1S/C14H12N2O2S2/c1-2-18-14(17)11-8(7-19-12(11)15)13-16-9-5-3-4-6-10(9)20-13/h3-7H,2,15H2,1H3. The molecule has 0 fully saturated rings. The summed E-state index contributed by atoms with van der Waals surface area (Å²) in [6.07, 6.45) is 0. The number of ether oxygens (including phenoxy) is 1. The minimum absolute atomic E-state index is 0.327. The van der Waals surface area contributed by atoms with Crippen molar-refractivity contribution >= 4 is 43.9 Å². The van der Waals surface area contributed by atoms with E-state index < -0.39 is 0 Å². The topological polar surface area (TPSA) is 65.2 Å². The number of nitrogens with zero attached hydrogens (tertiary/aromatic N) is 1. The number of thiazole rings is 1. The van der Waals surface area contributed by atoms with Crippen LogP contribution in [0.5, 0.6) is 0 Å². The fourth-order valence-corrected chi connectivity index (χ4v) is 3.78. The van der Waals surface area contributed by atoms with E-state index in [-0.39, 0.29) is 5.97 Å². The summed E-state index contributed by atoms with van der Waals surface area (Å²) in [4.78, 5) is 16.6. The van der Waals surface area contributed by atoms with E-state index in [1.165, 1.54) is 11.3 Å². The molecular formula is C14H12N2O2S2. The fourth-order valence-electron chi connectivity index (χ4n) is 1.93. The summed E-state index contributed by atoms with van der Waals surface area (Å²) < 4.78 is 6.15. The normalized spacial score (nSPS) is 10.8. The summed E-state index contributed by atoms with van der Waals surface area (Å²) in [6.45, 7) is 2.10. The fraction of sp³-hybridized carbons (Fsp3) is 0.143. The number of hydrogen-bond acceptors (Lipinski definition) is 6. The lowest BCUT2D eigenvalue weighted by Gasteiger charge is -2.02. The lowest BCUT2D eigenvalue weighted by atomic mass is 10.2. The van der Waals surface area contributed by atoms with Crippen molar-refractivity contribution in [1.29, 1.82) is 0 Å². The van der Waals surface area contributed by atoms with E-state index in [0.717, 1.165) is 20.8 Å². The van der Waals surface area contributed by atoms with E-state index in [2.05, 4.69) is 4.98 Å². The van der Waals surface area contributed by atoms with Gasteiger partial charge in [-0.1, -0.05) is 12.1 Å². The third-order valence-electron chi connectivity index (χ3n) is 2.82. The lowest BCUT2D eigenvalue weighted by molar-refractivity contribution is 0.0529. The highest BCUT2D eigenvalue weighted by atomic mass is 32.1. The molecular weight excluding hydrogens is 292 g/mol. The number of benzene rings is 1. The first kappa shape index (κ1) is 13.1. The predicted octanol–water partition coefficient (Wildman–Crippen LogP) is 3.78. The summed E-state index contributed by atoms with van der Waals surface area (Å²) in [5.74, 6) is -0.388. The van der Waals surface area contributed by atoms with E-state index >= 15 is 0 Å². The molecule has 0 radical (unpaired) electrons. The highest BCUT2D eigenvalue weighted by Crippen LogP contribution is 2.38. The van der Waals surface area contributed by atoms with Crippen LogP contribution < -0.4 is 5.73 Å². The molecule has 102 valence electrons. The van der Waals surface area contributed by atoms with Crippen molar-refractivity contribution in [2.75, 3.05) is 12.3 Å². The second-order valence-electron chi connectivity index (χ2n) is 4.10. The SMILES string of the molecule is CCOC(=O)c1c(-c2nc3ccccc3s2)csc1N. The maximum Gasteiger partial charge on any atom is 0.341 e. The van der Waals surface area contributed by atoms with Gasteiger partial charge >= 0.3 is 5.97 Å². The van der Waals surface area contributed by atoms with Crippen LogP contribution in [0.4, 0.5) is 5.00 Å². The Morgan fingerprint density at radius 2 is 2.20 bits per heavy atom. The molecule has 3 aromatic rings. The molecule has 0 bridgehead atoms. The summed E-state index contributed by atoms with van der Waals surface area (Å²) in [5, 5.41) is 3.12. The number of fused-ring (bicyclic) bond motifs is 1. The Labute approximate surface area is 123 Å². The smallest absolute Gasteiger partial charge is 0.341 e. The number of hydrogen-bond donors (Lipinski definition) is 1. The van der Waals surface area contributed by atoms with Gasteiger partial charge in [0.05, 0.1) is 16.8 Å². The van der Waals surface area contributed by atoms with Gasteiger partial charge in [0.2, 0.25) is 0 Å². The number of para-hydroxylation sites is 1. The van der Waals surface area contributed by atoms with Crippen LogP contribution >= 0.6 is 22.7 Å². The van der Waals surface area contributed by atoms with Crippen LogP contribution in [0.3, 0.4) is 0 Å². The first-order valence-corrected chi connectivity index (χ1v) is 7.80. The second-order valence-corrected chi connectivity index (χ2v) is 6.04. The molecule has 0 atom stereocenters. The molecule has 3 rings (SSSR count). The van der Waals surface area contributed by atoms with Crippen molar-refractivity contribution in [1.82, 2.24) is 4.98 Å². The van der Waals surface area contributed by atoms with Gasteiger partial charge < -0.3 is 10.5 Å². The number of carbonyl (C=O) groups excluding carboxylic acids is 1. The van der Waals surface area contributed by atoms with E-state index in [9.17, 15) is 4.79 Å². The number of anilines is 1. The quantitative estimate of drug-likeness (QED) is 0.748. The van der Waals surface area contributed by atoms with Gasteiger partial charge in [-0.2, -0.15) is 0 Å². The molecule has 1 aromatic carbocycles. The van der Waals surface area contributed by atoms with E-state index in [4.69, 9.17) is 10.5 Å². The van der Waals surface area contributed by atoms with Gasteiger partial charge in [0, 0.05) is 10.9 Å². The molecule has 0 unspecified atom stereocenters. The third-order valence-corrected chi connectivity index (χ3v) is 4.70. The number of thiophene rings is 1. The maximum atomic E-state index is 12.0. The molecule has 0 aliphatic carbocycles. The molecule has 0 saturated carbocycles. The maximum absolute atomic E-state index is 12.0. The first-order chi connectivity index (χ1) is 9.70. The Balaban J connectivity index is 2.12. The molecule has 0 saturated heterocycles. The van der Waals surface area contributed by atoms with Gasteiger partial charge in [0.25, 0.3) is 0 Å². The Hall–Kier alpha value is -1.92. The molecule has 0 amide bonds. The van der Waals surface area contributed by atoms with Gasteiger partial charge in [-0.25, -0.2) is 9.78 Å². The summed E-state index contributed by atoms with van der Waals surface area (Å²) in [5.41, 5.74) is 8.01. The Kier molecular flexibility index (Phi) is 3.42. The third kappa shape index (κ3) is 2.17. The highest BCUT2D eigenvalue weighted by molar-refractivity contribution is 7.22. The van der Waals surface area contributed by atoms with Gasteiger partial charge in [-0.3, -0.25) is 0 Å². The zero-order valence-electron chi connectivity index (χ0n) is 10.8. The van der Waals surface area contributed by atoms with E-state index in [1.54, 1.807) is 18.3 Å². The summed E-state index contributed by atoms with van der Waals surface area (Å²) in [7, 11) is 0. The van der Waals surface area contributed by atoms with Crippen LogP contribution in [0.2, 0.25) is 0 Å². The van der Waals surface area contributed by atoms with Crippen molar-refractivity contribution in [2.45, 2.75) is 6.92 Å². The Bertz CT molecular complexity index is 743. The number of aromatic nitrogens is 1. The molecule has 0 spiro atoms. The van der Waals surface area contributed by atoms with Crippen LogP contribution in [0.15, 0.2) is 29.6 Å². The highest BCUT2D eigenvalue weighted by Gasteiger charge is 2.21. The molecule has 20 heavy (non-hydrogen) atoms. The number of nitrogens with two attached hydrogens (primary N) is 1. The average molecular weight is 304 g/mol. The number of esters is 1. The van der Waals surface area contributed by atoms with E-state index in [1.807, 2.05) is 29.6 Å². The van der Waals surface area contributed by atoms with Crippen molar-refractivity contribution in [2.24, 2.45) is 0 Å². The second kappa shape index (κ2) is 5.22. The predicted molar refractivity (Wildman–Crippen MR) is 83.3 cm³/mol. The number of carbonyl (C=O) groups is 1. The van der Waals surface area contributed by atoms with Crippen molar-refractivity contribution in [3.05, 3.63) is 35.2 Å². The van der Waals surface area contributed by atoms with Crippen molar-refractivity contribution in [3.63, 3.8) is 0 Å². The summed E-state index contributed by atoms with van der Waals surface area (Å²) in [6, 6.07) is 7.88. The monoisotopic (exact) mass is 304 g/mol. The zero-order valence-corrected chi connectivity index (χ0v) is 12.4. The van der Waals surface area contributed by atoms with Crippen molar-refractivity contribution in [3.8, 4) is 10.6 Å². The van der Waals surface area contributed by atoms with Crippen LogP contribution in [0.1, 0.15) is 17.3 Å². The average Bonchev–Trinajstić information content (AvgIpc) is 3.01. The van der Waals surface area contributed by atoms with Gasteiger partial charge in [-0.15, -0.1) is 22.7 Å². The van der Waals surface area contributed by atoms with Crippen LogP contribution in [0.25, 0.3) is 20.8 Å². The first-order valence-electron chi connectivity index (χ1n) is 6.10. The van der Waals surface area contributed by atoms with Crippen molar-refractivity contribution < 1.29 is 9.53 Å². The van der Waals surface area contributed by atoms with Gasteiger partial charge in [-0.05, 0) is 19.1 Å². The van der Waals surface area contributed by atoms with Crippen LogP contribution in [-0.2, 0) is 4.74 Å². The van der Waals surface area contributed by atoms with E-state index in [0.29, 0.717) is 17.2 Å². The van der Waals surface area contributed by atoms with Crippen LogP contribution in [-0.4, -0.2) is 17.6 Å². The Morgan fingerprint density at radius 3 is 2.95 bits per heavy atom. The lowest BCUT2D eigenvalue weighted by Crippen LogP contribution is -2.07. The minimum Gasteiger partial charge on any atom is -0.462 e. The van der Waals surface area contributed by atoms with Gasteiger partial charge in [0.15, 0.2) is 0 Å². The zero-order chi connectivity index (χ0) is 14.1. The summed E-state index contributed by atoms with van der Waals surface area (Å²) >= 11 is 2.88. The largest absolute Gasteiger partial charge is 0.462 e. The molecule has 2 heterocycles. The molecule has 2 aromatic heterocycles. The van der Waals surface area contributed by atoms with Gasteiger partial charge in [0.1, 0.15) is 15.6 Å². The molecule has 4 nitrogen and oxygen atoms in total. The Morgan fingerprint density at radius 1 is 1.40 bits per heavy atom. The molecule has 6 heteroatoms. The molecule has 0 aliphatic heterocycles. The minimum atomic E-state index is -0.388. The molecule has 0 aliphatic rings.